The Morgan fingerprint density at radius 2 is 1.87 bits per heavy atom. The SMILES string of the molecule is Fc1ccccc1CN(CCN1CCOCC1)C(=S)Nc1ccc(C(F)(F)F)cc1Cl. The zero-order valence-corrected chi connectivity index (χ0v) is 18.2. The van der Waals surface area contributed by atoms with Crippen LogP contribution in [0.2, 0.25) is 5.02 Å². The maximum Gasteiger partial charge on any atom is 0.416 e. The van der Waals surface area contributed by atoms with Gasteiger partial charge in [-0.25, -0.2) is 4.39 Å². The smallest absolute Gasteiger partial charge is 0.379 e. The van der Waals surface area contributed by atoms with Gasteiger partial charge in [0, 0.05) is 38.3 Å². The van der Waals surface area contributed by atoms with Gasteiger partial charge in [-0.05, 0) is 36.5 Å². The summed E-state index contributed by atoms with van der Waals surface area (Å²) in [6.07, 6.45) is -4.49. The van der Waals surface area contributed by atoms with E-state index < -0.39 is 11.7 Å². The van der Waals surface area contributed by atoms with Gasteiger partial charge in [0.15, 0.2) is 5.11 Å². The molecule has 0 unspecified atom stereocenters. The van der Waals surface area contributed by atoms with E-state index in [0.29, 0.717) is 31.9 Å². The van der Waals surface area contributed by atoms with Gasteiger partial charge in [0.05, 0.1) is 29.5 Å². The number of hydrogen-bond acceptors (Lipinski definition) is 3. The summed E-state index contributed by atoms with van der Waals surface area (Å²) in [5.41, 5.74) is -0.124. The Labute approximate surface area is 188 Å². The van der Waals surface area contributed by atoms with E-state index in [2.05, 4.69) is 10.2 Å². The Kier molecular flexibility index (Phi) is 8.10. The first-order valence-electron chi connectivity index (χ1n) is 9.70. The van der Waals surface area contributed by atoms with E-state index in [1.807, 2.05) is 0 Å². The first-order chi connectivity index (χ1) is 14.7. The summed E-state index contributed by atoms with van der Waals surface area (Å²) >= 11 is 11.5. The number of benzene rings is 2. The summed E-state index contributed by atoms with van der Waals surface area (Å²) in [4.78, 5) is 3.99. The van der Waals surface area contributed by atoms with Crippen molar-refractivity contribution in [2.75, 3.05) is 44.7 Å². The molecule has 10 heteroatoms. The Hall–Kier alpha value is -1.94. The van der Waals surface area contributed by atoms with Crippen LogP contribution < -0.4 is 5.32 Å². The third-order valence-electron chi connectivity index (χ3n) is 4.93. The molecule has 1 fully saturated rings. The van der Waals surface area contributed by atoms with E-state index in [9.17, 15) is 17.6 Å². The van der Waals surface area contributed by atoms with Crippen LogP contribution in [-0.4, -0.2) is 54.3 Å². The number of alkyl halides is 3. The van der Waals surface area contributed by atoms with Gasteiger partial charge in [-0.15, -0.1) is 0 Å². The fraction of sp³-hybridized carbons (Fsp3) is 0.381. The van der Waals surface area contributed by atoms with Gasteiger partial charge < -0.3 is 15.0 Å². The first kappa shape index (κ1) is 23.7. The number of nitrogens with zero attached hydrogens (tertiary/aromatic N) is 2. The quantitative estimate of drug-likeness (QED) is 0.467. The van der Waals surface area contributed by atoms with Crippen molar-refractivity contribution in [1.82, 2.24) is 9.80 Å². The molecule has 0 bridgehead atoms. The molecule has 168 valence electrons. The second kappa shape index (κ2) is 10.6. The fourth-order valence-electron chi connectivity index (χ4n) is 3.16. The minimum atomic E-state index is -4.49. The lowest BCUT2D eigenvalue weighted by atomic mass is 10.2. The van der Waals surface area contributed by atoms with Crippen molar-refractivity contribution >= 4 is 34.6 Å². The van der Waals surface area contributed by atoms with Crippen LogP contribution in [0, 0.1) is 5.82 Å². The van der Waals surface area contributed by atoms with Crippen LogP contribution in [0.1, 0.15) is 11.1 Å². The van der Waals surface area contributed by atoms with Gasteiger partial charge in [-0.3, -0.25) is 4.90 Å². The number of morpholine rings is 1. The number of rotatable bonds is 6. The van der Waals surface area contributed by atoms with Crippen LogP contribution in [0.25, 0.3) is 0 Å². The molecule has 0 atom stereocenters. The summed E-state index contributed by atoms with van der Waals surface area (Å²) in [6, 6.07) is 9.41. The van der Waals surface area contributed by atoms with Gasteiger partial charge >= 0.3 is 6.18 Å². The third kappa shape index (κ3) is 6.77. The van der Waals surface area contributed by atoms with Gasteiger partial charge in [-0.2, -0.15) is 13.2 Å². The van der Waals surface area contributed by atoms with Crippen molar-refractivity contribution in [2.45, 2.75) is 12.7 Å². The molecule has 0 radical (unpaired) electrons. The Morgan fingerprint density at radius 1 is 1.16 bits per heavy atom. The zero-order chi connectivity index (χ0) is 22.4. The van der Waals surface area contributed by atoms with E-state index in [0.717, 1.165) is 25.2 Å². The van der Waals surface area contributed by atoms with Gasteiger partial charge in [0.25, 0.3) is 0 Å². The van der Waals surface area contributed by atoms with Crippen molar-refractivity contribution in [1.29, 1.82) is 0 Å². The van der Waals surface area contributed by atoms with Crippen molar-refractivity contribution in [3.8, 4) is 0 Å². The summed E-state index contributed by atoms with van der Waals surface area (Å²) in [6.45, 7) is 4.27. The molecule has 4 nitrogen and oxygen atoms in total. The minimum absolute atomic E-state index is 0.101. The molecule has 0 saturated carbocycles. The van der Waals surface area contributed by atoms with Gasteiger partial charge in [0.2, 0.25) is 0 Å². The van der Waals surface area contributed by atoms with Gasteiger partial charge in [-0.1, -0.05) is 29.8 Å². The van der Waals surface area contributed by atoms with Crippen LogP contribution in [0.5, 0.6) is 0 Å². The minimum Gasteiger partial charge on any atom is -0.379 e. The summed E-state index contributed by atoms with van der Waals surface area (Å²) in [5, 5.41) is 3.06. The maximum absolute atomic E-state index is 14.2. The highest BCUT2D eigenvalue weighted by Crippen LogP contribution is 2.33. The molecule has 1 heterocycles. The molecular weight excluding hydrogens is 454 g/mol. The number of anilines is 1. The number of thiocarbonyl (C=S) groups is 1. The molecule has 1 aliphatic rings. The van der Waals surface area contributed by atoms with Gasteiger partial charge in [0.1, 0.15) is 5.82 Å². The molecule has 31 heavy (non-hydrogen) atoms. The molecule has 0 aromatic heterocycles. The molecule has 2 aromatic carbocycles. The average molecular weight is 476 g/mol. The summed E-state index contributed by atoms with van der Waals surface area (Å²) in [7, 11) is 0. The summed E-state index contributed by atoms with van der Waals surface area (Å²) in [5.74, 6) is -0.353. The fourth-order valence-corrected chi connectivity index (χ4v) is 3.65. The van der Waals surface area contributed by atoms with Crippen LogP contribution in [0.4, 0.5) is 23.2 Å². The van der Waals surface area contributed by atoms with Crippen molar-refractivity contribution in [2.24, 2.45) is 0 Å². The lowest BCUT2D eigenvalue weighted by Crippen LogP contribution is -2.44. The second-order valence-electron chi connectivity index (χ2n) is 7.09. The Morgan fingerprint density at radius 3 is 2.52 bits per heavy atom. The van der Waals surface area contributed by atoms with E-state index >= 15 is 0 Å². The maximum atomic E-state index is 14.2. The summed E-state index contributed by atoms with van der Waals surface area (Å²) < 4.78 is 58.2. The highest BCUT2D eigenvalue weighted by atomic mass is 35.5. The van der Waals surface area contributed by atoms with Crippen molar-refractivity contribution in [3.63, 3.8) is 0 Å². The topological polar surface area (TPSA) is 27.7 Å². The van der Waals surface area contributed by atoms with E-state index in [1.54, 1.807) is 23.1 Å². The predicted molar refractivity (Wildman–Crippen MR) is 117 cm³/mol. The molecule has 1 saturated heterocycles. The molecule has 1 aliphatic heterocycles. The van der Waals surface area contributed by atoms with Crippen molar-refractivity contribution in [3.05, 3.63) is 64.4 Å². The standard InChI is InChI=1S/C21H22ClF4N3OS/c22-17-13-16(21(24,25)26)5-6-19(17)27-20(31)29(8-7-28-9-11-30-12-10-28)14-15-3-1-2-4-18(15)23/h1-6,13H,7-12,14H2,(H,27,31). The second-order valence-corrected chi connectivity index (χ2v) is 7.88. The molecule has 3 rings (SSSR count). The third-order valence-corrected chi connectivity index (χ3v) is 5.61. The molecule has 0 amide bonds. The molecular formula is C21H22ClF4N3OS. The van der Waals surface area contributed by atoms with E-state index in [1.165, 1.54) is 12.1 Å². The van der Waals surface area contributed by atoms with E-state index in [4.69, 9.17) is 28.6 Å². The van der Waals surface area contributed by atoms with Crippen LogP contribution in [-0.2, 0) is 17.5 Å². The molecule has 1 N–H and O–H groups in total. The first-order valence-corrected chi connectivity index (χ1v) is 10.5. The van der Waals surface area contributed by atoms with E-state index in [-0.39, 0.29) is 28.2 Å². The number of ether oxygens (including phenoxy) is 1. The van der Waals surface area contributed by atoms with Crippen molar-refractivity contribution < 1.29 is 22.3 Å². The lowest BCUT2D eigenvalue weighted by molar-refractivity contribution is -0.137. The number of halogens is 5. The number of nitrogens with one attached hydrogen (secondary N) is 1. The molecule has 0 spiro atoms. The van der Waals surface area contributed by atoms with Crippen LogP contribution in [0.3, 0.4) is 0 Å². The lowest BCUT2D eigenvalue weighted by Gasteiger charge is -2.31. The molecule has 0 aliphatic carbocycles. The number of hydrogen-bond donors (Lipinski definition) is 1. The average Bonchev–Trinajstić information content (AvgIpc) is 2.73. The predicted octanol–water partition coefficient (Wildman–Crippen LogP) is 5.03. The monoisotopic (exact) mass is 475 g/mol. The zero-order valence-electron chi connectivity index (χ0n) is 16.6. The van der Waals surface area contributed by atoms with Crippen LogP contribution >= 0.6 is 23.8 Å². The largest absolute Gasteiger partial charge is 0.416 e. The Bertz CT molecular complexity index is 906. The van der Waals surface area contributed by atoms with Crippen LogP contribution in [0.15, 0.2) is 42.5 Å². The highest BCUT2D eigenvalue weighted by Gasteiger charge is 2.31. The molecule has 2 aromatic rings. The normalized spacial score (nSPS) is 15.0. The Balaban J connectivity index is 1.74. The highest BCUT2D eigenvalue weighted by molar-refractivity contribution is 7.80.